The molecule has 1 fully saturated rings. The van der Waals surface area contributed by atoms with Crippen molar-refractivity contribution in [1.82, 2.24) is 19.7 Å². The smallest absolute Gasteiger partial charge is 0.274 e. The van der Waals surface area contributed by atoms with E-state index in [4.69, 9.17) is 5.10 Å². The number of aryl methyl sites for hydroxylation is 1. The molecule has 0 spiro atoms. The predicted molar refractivity (Wildman–Crippen MR) is 126 cm³/mol. The number of pyridine rings is 1. The third kappa shape index (κ3) is 4.32. The van der Waals surface area contributed by atoms with Gasteiger partial charge in [0.2, 0.25) is 5.91 Å². The fourth-order valence-electron chi connectivity index (χ4n) is 4.93. The van der Waals surface area contributed by atoms with E-state index in [9.17, 15) is 14.0 Å². The molecule has 1 saturated heterocycles. The molecule has 3 aromatic rings. The van der Waals surface area contributed by atoms with E-state index in [2.05, 4.69) is 10.3 Å². The first-order valence-corrected chi connectivity index (χ1v) is 11.9. The van der Waals surface area contributed by atoms with E-state index in [0.717, 1.165) is 61.0 Å². The van der Waals surface area contributed by atoms with Gasteiger partial charge in [-0.1, -0.05) is 6.07 Å². The van der Waals surface area contributed by atoms with Gasteiger partial charge in [0.1, 0.15) is 11.6 Å². The topological polar surface area (TPSA) is 80.1 Å². The van der Waals surface area contributed by atoms with Gasteiger partial charge in [-0.2, -0.15) is 5.10 Å². The molecule has 0 bridgehead atoms. The number of likely N-dealkylation sites (tertiary alicyclic amines) is 1. The Kier molecular flexibility index (Phi) is 6.13. The average molecular weight is 462 g/mol. The molecule has 176 valence electrons. The molecule has 1 aliphatic carbocycles. The van der Waals surface area contributed by atoms with Crippen LogP contribution in [0.15, 0.2) is 42.6 Å². The second kappa shape index (κ2) is 9.37. The van der Waals surface area contributed by atoms with Gasteiger partial charge in [0.25, 0.3) is 5.91 Å². The molecular weight excluding hydrogens is 433 g/mol. The molecule has 2 aromatic heterocycles. The number of amides is 2. The number of nitrogens with zero attached hydrogens (tertiary/aromatic N) is 4. The maximum absolute atomic E-state index is 13.6. The summed E-state index contributed by atoms with van der Waals surface area (Å²) < 4.78 is 15.2. The van der Waals surface area contributed by atoms with Crippen molar-refractivity contribution in [3.05, 3.63) is 70.9 Å². The van der Waals surface area contributed by atoms with Gasteiger partial charge in [-0.05, 0) is 81.3 Å². The second-order valence-corrected chi connectivity index (χ2v) is 9.12. The number of anilines is 1. The lowest BCUT2D eigenvalue weighted by molar-refractivity contribution is -0.121. The average Bonchev–Trinajstić information content (AvgIpc) is 3.25. The van der Waals surface area contributed by atoms with Crippen LogP contribution in [-0.4, -0.2) is 44.6 Å². The third-order valence-corrected chi connectivity index (χ3v) is 6.78. The van der Waals surface area contributed by atoms with E-state index >= 15 is 0 Å². The molecule has 1 unspecified atom stereocenters. The highest BCUT2D eigenvalue weighted by atomic mass is 19.1. The second-order valence-electron chi connectivity index (χ2n) is 9.12. The van der Waals surface area contributed by atoms with Gasteiger partial charge >= 0.3 is 0 Å². The number of fused-ring (bicyclic) bond motifs is 1. The van der Waals surface area contributed by atoms with E-state index in [0.29, 0.717) is 24.6 Å². The number of rotatable bonds is 4. The predicted octanol–water partition coefficient (Wildman–Crippen LogP) is 4.08. The summed E-state index contributed by atoms with van der Waals surface area (Å²) in [6, 6.07) is 9.92. The summed E-state index contributed by atoms with van der Waals surface area (Å²) in [6.07, 6.45) is 6.81. The quantitative estimate of drug-likeness (QED) is 0.635. The summed E-state index contributed by atoms with van der Waals surface area (Å²) in [4.78, 5) is 32.5. The van der Waals surface area contributed by atoms with Crippen LogP contribution in [0.4, 0.5) is 10.2 Å². The number of piperidine rings is 1. The minimum Gasteiger partial charge on any atom is -0.336 e. The number of hydrogen-bond acceptors (Lipinski definition) is 4. The first-order chi connectivity index (χ1) is 16.5. The van der Waals surface area contributed by atoms with Crippen LogP contribution in [-0.2, 0) is 17.6 Å². The fraction of sp³-hybridized carbons (Fsp3) is 0.385. The lowest BCUT2D eigenvalue weighted by Crippen LogP contribution is -2.44. The SMILES string of the molecule is Cc1cccnc1NC(=O)C1CCCN(C(=O)c2nn(-c3ccc(F)cc3)c3c2CCCC3)C1. The standard InChI is InChI=1S/C26H28FN5O2/c1-17-6-4-14-28-24(17)29-25(33)18-7-5-15-31(16-18)26(34)23-21-8-2-3-9-22(21)32(30-23)20-12-10-19(27)11-13-20/h4,6,10-14,18H,2-3,5,7-9,15-16H2,1H3,(H,28,29,33). The van der Waals surface area contributed by atoms with Crippen LogP contribution in [0, 0.1) is 18.7 Å². The van der Waals surface area contributed by atoms with Gasteiger partial charge in [0.05, 0.1) is 11.6 Å². The lowest BCUT2D eigenvalue weighted by Gasteiger charge is -2.32. The highest BCUT2D eigenvalue weighted by Crippen LogP contribution is 2.29. The third-order valence-electron chi connectivity index (χ3n) is 6.78. The summed E-state index contributed by atoms with van der Waals surface area (Å²) >= 11 is 0. The van der Waals surface area contributed by atoms with Gasteiger partial charge < -0.3 is 10.2 Å². The van der Waals surface area contributed by atoms with Crippen molar-refractivity contribution in [2.45, 2.75) is 45.4 Å². The van der Waals surface area contributed by atoms with E-state index in [-0.39, 0.29) is 23.5 Å². The summed E-state index contributed by atoms with van der Waals surface area (Å²) in [5.41, 5.74) is 4.12. The Morgan fingerprint density at radius 3 is 2.68 bits per heavy atom. The Morgan fingerprint density at radius 2 is 1.88 bits per heavy atom. The minimum atomic E-state index is -0.306. The van der Waals surface area contributed by atoms with Crippen LogP contribution in [0.3, 0.4) is 0 Å². The summed E-state index contributed by atoms with van der Waals surface area (Å²) in [6.45, 7) is 2.86. The van der Waals surface area contributed by atoms with Gasteiger partial charge in [0.15, 0.2) is 5.69 Å². The van der Waals surface area contributed by atoms with Crippen LogP contribution in [0.5, 0.6) is 0 Å². The Hall–Kier alpha value is -3.55. The Labute approximate surface area is 198 Å². The highest BCUT2D eigenvalue weighted by Gasteiger charge is 2.33. The zero-order valence-electron chi connectivity index (χ0n) is 19.3. The molecule has 0 radical (unpaired) electrons. The van der Waals surface area contributed by atoms with Gasteiger partial charge in [-0.3, -0.25) is 9.59 Å². The van der Waals surface area contributed by atoms with Crippen molar-refractivity contribution in [1.29, 1.82) is 0 Å². The summed E-state index contributed by atoms with van der Waals surface area (Å²) in [5, 5.41) is 7.63. The molecule has 1 aromatic carbocycles. The maximum Gasteiger partial charge on any atom is 0.274 e. The number of nitrogens with one attached hydrogen (secondary N) is 1. The van der Waals surface area contributed by atoms with Gasteiger partial charge in [0, 0.05) is 30.5 Å². The number of halogens is 1. The summed E-state index contributed by atoms with van der Waals surface area (Å²) in [7, 11) is 0. The van der Waals surface area contributed by atoms with Crippen molar-refractivity contribution in [3.63, 3.8) is 0 Å². The number of carbonyl (C=O) groups is 2. The maximum atomic E-state index is 13.6. The molecular formula is C26H28FN5O2. The van der Waals surface area contributed by atoms with Crippen LogP contribution < -0.4 is 5.32 Å². The molecule has 2 aliphatic rings. The van der Waals surface area contributed by atoms with Crippen molar-refractivity contribution < 1.29 is 14.0 Å². The van der Waals surface area contributed by atoms with Crippen molar-refractivity contribution in [3.8, 4) is 5.69 Å². The molecule has 5 rings (SSSR count). The minimum absolute atomic E-state index is 0.113. The number of benzene rings is 1. The number of hydrogen-bond donors (Lipinski definition) is 1. The molecule has 1 aliphatic heterocycles. The van der Waals surface area contributed by atoms with Crippen molar-refractivity contribution in [2.75, 3.05) is 18.4 Å². The van der Waals surface area contributed by atoms with Gasteiger partial charge in [-0.25, -0.2) is 14.1 Å². The Balaban J connectivity index is 1.37. The van der Waals surface area contributed by atoms with Crippen molar-refractivity contribution >= 4 is 17.6 Å². The lowest BCUT2D eigenvalue weighted by atomic mass is 9.93. The number of aromatic nitrogens is 3. The monoisotopic (exact) mass is 461 g/mol. The fourth-order valence-corrected chi connectivity index (χ4v) is 4.93. The van der Waals surface area contributed by atoms with E-state index in [1.165, 1.54) is 12.1 Å². The first kappa shape index (κ1) is 22.3. The largest absolute Gasteiger partial charge is 0.336 e. The summed E-state index contributed by atoms with van der Waals surface area (Å²) in [5.74, 6) is -0.291. The van der Waals surface area contributed by atoms with E-state index in [1.54, 1.807) is 27.9 Å². The van der Waals surface area contributed by atoms with Gasteiger partial charge in [-0.15, -0.1) is 0 Å². The number of carbonyl (C=O) groups excluding carboxylic acids is 2. The van der Waals surface area contributed by atoms with Crippen molar-refractivity contribution in [2.24, 2.45) is 5.92 Å². The first-order valence-electron chi connectivity index (χ1n) is 11.9. The molecule has 1 N–H and O–H groups in total. The normalized spacial score (nSPS) is 17.8. The van der Waals surface area contributed by atoms with E-state index in [1.807, 2.05) is 19.1 Å². The highest BCUT2D eigenvalue weighted by molar-refractivity contribution is 5.96. The zero-order chi connectivity index (χ0) is 23.7. The zero-order valence-corrected chi connectivity index (χ0v) is 19.3. The molecule has 1 atom stereocenters. The molecule has 34 heavy (non-hydrogen) atoms. The molecule has 2 amide bonds. The molecule has 0 saturated carbocycles. The Bertz CT molecular complexity index is 1220. The Morgan fingerprint density at radius 1 is 1.09 bits per heavy atom. The molecule has 7 nitrogen and oxygen atoms in total. The van der Waals surface area contributed by atoms with Crippen LogP contribution in [0.1, 0.15) is 53.0 Å². The van der Waals surface area contributed by atoms with E-state index < -0.39 is 0 Å². The van der Waals surface area contributed by atoms with Crippen LogP contribution in [0.25, 0.3) is 5.69 Å². The van der Waals surface area contributed by atoms with Crippen LogP contribution in [0.2, 0.25) is 0 Å². The molecule has 3 heterocycles. The van der Waals surface area contributed by atoms with Crippen LogP contribution >= 0.6 is 0 Å². The molecule has 8 heteroatoms.